The summed E-state index contributed by atoms with van der Waals surface area (Å²) in [6.45, 7) is 5.48. The van der Waals surface area contributed by atoms with Crippen molar-refractivity contribution in [2.45, 2.75) is 24.8 Å². The third-order valence-electron chi connectivity index (χ3n) is 6.22. The number of guanidine groups is 1. The average molecular weight is 538 g/mol. The van der Waals surface area contributed by atoms with Gasteiger partial charge in [-0.05, 0) is 43.7 Å². The van der Waals surface area contributed by atoms with Crippen molar-refractivity contribution in [2.24, 2.45) is 4.99 Å². The third-order valence-corrected chi connectivity index (χ3v) is 6.22. The molecule has 31 heavy (non-hydrogen) atoms. The Morgan fingerprint density at radius 1 is 1.13 bits per heavy atom. The number of anilines is 1. The summed E-state index contributed by atoms with van der Waals surface area (Å²) in [6.07, 6.45) is 3.99. The molecule has 2 N–H and O–H groups in total. The minimum Gasteiger partial charge on any atom is -0.356 e. The number of nitrogens with one attached hydrogen (secondary N) is 2. The molecule has 0 spiro atoms. The quantitative estimate of drug-likeness (QED) is 0.337. The van der Waals surface area contributed by atoms with Crippen molar-refractivity contribution in [1.29, 1.82) is 0 Å². The van der Waals surface area contributed by atoms with Gasteiger partial charge in [-0.1, -0.05) is 18.2 Å². The van der Waals surface area contributed by atoms with Crippen molar-refractivity contribution in [3.05, 3.63) is 59.5 Å². The van der Waals surface area contributed by atoms with Crippen LogP contribution < -0.4 is 15.5 Å². The number of halogens is 2. The van der Waals surface area contributed by atoms with E-state index in [1.54, 1.807) is 19.2 Å². The number of rotatable bonds is 6. The van der Waals surface area contributed by atoms with Crippen molar-refractivity contribution in [3.63, 3.8) is 0 Å². The Hall–Kier alpha value is -1.94. The van der Waals surface area contributed by atoms with Crippen molar-refractivity contribution in [3.8, 4) is 0 Å². The molecule has 2 heterocycles. The van der Waals surface area contributed by atoms with Gasteiger partial charge in [0.25, 0.3) is 0 Å². The van der Waals surface area contributed by atoms with E-state index in [2.05, 4.69) is 43.5 Å². The van der Waals surface area contributed by atoms with Crippen LogP contribution in [0.4, 0.5) is 10.2 Å². The second-order valence-corrected chi connectivity index (χ2v) is 8.35. The van der Waals surface area contributed by atoms with Crippen molar-refractivity contribution >= 4 is 35.8 Å². The normalized spacial score (nSPS) is 18.3. The number of aromatic nitrogens is 1. The molecule has 8 heteroatoms. The Kier molecular flexibility index (Phi) is 8.10. The number of piperazine rings is 1. The van der Waals surface area contributed by atoms with Crippen LogP contribution >= 0.6 is 24.0 Å². The molecule has 0 bridgehead atoms. The summed E-state index contributed by atoms with van der Waals surface area (Å²) in [5, 5.41) is 6.87. The lowest BCUT2D eigenvalue weighted by atomic mass is 9.96. The summed E-state index contributed by atoms with van der Waals surface area (Å²) < 4.78 is 13.6. The van der Waals surface area contributed by atoms with Gasteiger partial charge in [-0.25, -0.2) is 9.37 Å². The third kappa shape index (κ3) is 5.85. The van der Waals surface area contributed by atoms with Gasteiger partial charge in [0.05, 0.1) is 0 Å². The van der Waals surface area contributed by atoms with Crippen LogP contribution in [0.1, 0.15) is 24.0 Å². The second-order valence-electron chi connectivity index (χ2n) is 8.35. The van der Waals surface area contributed by atoms with Crippen LogP contribution in [-0.4, -0.2) is 62.7 Å². The Morgan fingerprint density at radius 3 is 2.58 bits per heavy atom. The molecule has 1 saturated carbocycles. The van der Waals surface area contributed by atoms with Gasteiger partial charge >= 0.3 is 0 Å². The van der Waals surface area contributed by atoms with Crippen LogP contribution in [0, 0.1) is 5.82 Å². The predicted molar refractivity (Wildman–Crippen MR) is 135 cm³/mol. The van der Waals surface area contributed by atoms with Crippen LogP contribution in [0.2, 0.25) is 0 Å². The number of hydrogen-bond acceptors (Lipinski definition) is 4. The molecule has 0 atom stereocenters. The first-order valence-corrected chi connectivity index (χ1v) is 10.7. The molecule has 1 saturated heterocycles. The molecular weight excluding hydrogens is 506 g/mol. The molecule has 0 amide bonds. The highest BCUT2D eigenvalue weighted by Crippen LogP contribution is 2.47. The van der Waals surface area contributed by atoms with Crippen LogP contribution in [0.15, 0.2) is 47.6 Å². The average Bonchev–Trinajstić information content (AvgIpc) is 3.56. The molecule has 2 fully saturated rings. The monoisotopic (exact) mass is 538 g/mol. The zero-order chi connectivity index (χ0) is 21.0. The highest BCUT2D eigenvalue weighted by atomic mass is 127. The van der Waals surface area contributed by atoms with Crippen molar-refractivity contribution < 1.29 is 4.39 Å². The number of pyridine rings is 1. The van der Waals surface area contributed by atoms with E-state index in [9.17, 15) is 4.39 Å². The molecule has 0 radical (unpaired) electrons. The number of hydrogen-bond donors (Lipinski definition) is 2. The molecule has 2 aliphatic rings. The second kappa shape index (κ2) is 10.6. The minimum absolute atomic E-state index is 0. The summed E-state index contributed by atoms with van der Waals surface area (Å²) in [4.78, 5) is 13.7. The lowest BCUT2D eigenvalue weighted by Crippen LogP contribution is -2.45. The molecule has 6 nitrogen and oxygen atoms in total. The molecule has 168 valence electrons. The maximum Gasteiger partial charge on any atom is 0.191 e. The lowest BCUT2D eigenvalue weighted by Gasteiger charge is -2.34. The van der Waals surface area contributed by atoms with E-state index in [1.165, 1.54) is 6.07 Å². The fourth-order valence-corrected chi connectivity index (χ4v) is 4.06. The van der Waals surface area contributed by atoms with Gasteiger partial charge in [0.15, 0.2) is 5.96 Å². The van der Waals surface area contributed by atoms with Gasteiger partial charge in [0, 0.05) is 63.5 Å². The van der Waals surface area contributed by atoms with Crippen LogP contribution in [0.25, 0.3) is 0 Å². The Bertz CT molecular complexity index is 893. The Labute approximate surface area is 201 Å². The van der Waals surface area contributed by atoms with E-state index < -0.39 is 0 Å². The van der Waals surface area contributed by atoms with Crippen molar-refractivity contribution in [2.75, 3.05) is 51.7 Å². The topological polar surface area (TPSA) is 55.8 Å². The van der Waals surface area contributed by atoms with E-state index in [1.807, 2.05) is 18.3 Å². The summed E-state index contributed by atoms with van der Waals surface area (Å²) in [5.74, 6) is 1.63. The van der Waals surface area contributed by atoms with E-state index in [-0.39, 0.29) is 35.2 Å². The number of aliphatic imine (C=N–C) groups is 1. The first kappa shape index (κ1) is 23.7. The molecule has 1 aliphatic carbocycles. The van der Waals surface area contributed by atoms with Crippen molar-refractivity contribution in [1.82, 2.24) is 20.5 Å². The summed E-state index contributed by atoms with van der Waals surface area (Å²) >= 11 is 0. The van der Waals surface area contributed by atoms with Gasteiger partial charge in [-0.3, -0.25) is 4.99 Å². The first-order valence-electron chi connectivity index (χ1n) is 10.7. The highest BCUT2D eigenvalue weighted by molar-refractivity contribution is 14.0. The van der Waals surface area contributed by atoms with E-state index >= 15 is 0 Å². The molecular formula is C23H32FIN6. The maximum absolute atomic E-state index is 13.6. The number of nitrogens with zero attached hydrogens (tertiary/aromatic N) is 4. The minimum atomic E-state index is -0.172. The largest absolute Gasteiger partial charge is 0.356 e. The molecule has 0 unspecified atom stereocenters. The van der Waals surface area contributed by atoms with Gasteiger partial charge in [0.2, 0.25) is 0 Å². The first-order chi connectivity index (χ1) is 14.6. The van der Waals surface area contributed by atoms with Gasteiger partial charge < -0.3 is 20.4 Å². The standard InChI is InChI=1S/C23H31FN6.HI/c1-25-22(28-17-23(8-9-23)19-6-3-7-20(24)15-19)27-16-18-5-4-10-26-21(18)30-13-11-29(2)12-14-30;/h3-7,10,15H,8-9,11-14,16-17H2,1-2H3,(H2,25,27,28);1H. The van der Waals surface area contributed by atoms with E-state index in [0.29, 0.717) is 6.54 Å². The zero-order valence-corrected chi connectivity index (χ0v) is 20.6. The summed E-state index contributed by atoms with van der Waals surface area (Å²) in [5.41, 5.74) is 2.24. The zero-order valence-electron chi connectivity index (χ0n) is 18.3. The van der Waals surface area contributed by atoms with Gasteiger partial charge in [-0.2, -0.15) is 0 Å². The SMILES string of the molecule is CN=C(NCc1cccnc1N1CCN(C)CC1)NCC1(c2cccc(F)c2)CC1.I. The molecule has 2 aromatic rings. The lowest BCUT2D eigenvalue weighted by molar-refractivity contribution is 0.312. The summed E-state index contributed by atoms with van der Waals surface area (Å²) in [6, 6.07) is 11.1. The number of likely N-dealkylation sites (N-methyl/N-ethyl adjacent to an activating group) is 1. The molecule has 1 aromatic heterocycles. The molecule has 4 rings (SSSR count). The predicted octanol–water partition coefficient (Wildman–Crippen LogP) is 2.99. The Balaban J connectivity index is 0.00000272. The number of benzene rings is 1. The summed E-state index contributed by atoms with van der Waals surface area (Å²) in [7, 11) is 3.94. The molecule has 1 aliphatic heterocycles. The van der Waals surface area contributed by atoms with E-state index in [0.717, 1.165) is 68.5 Å². The fraction of sp³-hybridized carbons (Fsp3) is 0.478. The van der Waals surface area contributed by atoms with Crippen LogP contribution in [0.3, 0.4) is 0 Å². The maximum atomic E-state index is 13.6. The fourth-order valence-electron chi connectivity index (χ4n) is 4.06. The van der Waals surface area contributed by atoms with Crippen LogP contribution in [-0.2, 0) is 12.0 Å². The Morgan fingerprint density at radius 2 is 1.90 bits per heavy atom. The highest BCUT2D eigenvalue weighted by Gasteiger charge is 2.44. The van der Waals surface area contributed by atoms with Gasteiger partial charge in [0.1, 0.15) is 11.6 Å². The molecule has 1 aromatic carbocycles. The van der Waals surface area contributed by atoms with Crippen LogP contribution in [0.5, 0.6) is 0 Å². The van der Waals surface area contributed by atoms with E-state index in [4.69, 9.17) is 0 Å². The smallest absolute Gasteiger partial charge is 0.191 e. The van der Waals surface area contributed by atoms with Gasteiger partial charge in [-0.15, -0.1) is 24.0 Å².